The number of rotatable bonds is 4. The van der Waals surface area contributed by atoms with E-state index in [9.17, 15) is 9.59 Å². The Hall–Kier alpha value is -1.88. The zero-order valence-corrected chi connectivity index (χ0v) is 10.4. The summed E-state index contributed by atoms with van der Waals surface area (Å²) in [5.74, 6) is -3.19. The van der Waals surface area contributed by atoms with Crippen molar-refractivity contribution in [3.05, 3.63) is 35.9 Å². The molecule has 0 saturated carbocycles. The molecule has 0 aromatic heterocycles. The van der Waals surface area contributed by atoms with Crippen LogP contribution in [0.25, 0.3) is 0 Å². The third kappa shape index (κ3) is 7.40. The highest BCUT2D eigenvalue weighted by atomic mass is 16.4. The minimum Gasteiger partial charge on any atom is -0.481 e. The minimum absolute atomic E-state index is 0.167. The van der Waals surface area contributed by atoms with Crippen molar-refractivity contribution in [3.8, 4) is 0 Å². The molecule has 3 N–H and O–H groups in total. The van der Waals surface area contributed by atoms with E-state index in [2.05, 4.69) is 0 Å². The maximum atomic E-state index is 10.8. The van der Waals surface area contributed by atoms with E-state index >= 15 is 0 Å². The summed E-state index contributed by atoms with van der Waals surface area (Å²) >= 11 is 0. The minimum atomic E-state index is -1.11. The van der Waals surface area contributed by atoms with Crippen LogP contribution in [0.5, 0.6) is 0 Å². The number of aliphatic carboxylic acids is 2. The lowest BCUT2D eigenvalue weighted by Gasteiger charge is -2.09. The summed E-state index contributed by atoms with van der Waals surface area (Å²) in [6, 6.07) is 8.35. The number of hydrogen-bond donors (Lipinski definition) is 3. The lowest BCUT2D eigenvalue weighted by Crippen LogP contribution is -2.15. The molecule has 0 heterocycles. The van der Waals surface area contributed by atoms with Gasteiger partial charge in [-0.2, -0.15) is 0 Å². The summed E-state index contributed by atoms with van der Waals surface area (Å²) in [7, 11) is 0. The molecule has 0 aliphatic rings. The molecular formula is C13H18O5. The fourth-order valence-corrected chi connectivity index (χ4v) is 1.21. The Balaban J connectivity index is 0.000000631. The van der Waals surface area contributed by atoms with E-state index in [1.807, 2.05) is 0 Å². The van der Waals surface area contributed by atoms with Crippen molar-refractivity contribution in [1.82, 2.24) is 0 Å². The Kier molecular flexibility index (Phi) is 7.38. The van der Waals surface area contributed by atoms with Gasteiger partial charge in [0.2, 0.25) is 0 Å². The SMILES string of the molecule is CC(C)O.O=C(O)C[C@@H](C(=O)O)c1ccccc1. The van der Waals surface area contributed by atoms with Crippen molar-refractivity contribution in [2.75, 3.05) is 0 Å². The van der Waals surface area contributed by atoms with Crippen LogP contribution < -0.4 is 0 Å². The molecule has 0 aliphatic heterocycles. The van der Waals surface area contributed by atoms with Crippen LogP contribution in [0.2, 0.25) is 0 Å². The average Bonchev–Trinajstić information content (AvgIpc) is 2.25. The Morgan fingerprint density at radius 1 is 1.11 bits per heavy atom. The van der Waals surface area contributed by atoms with Gasteiger partial charge >= 0.3 is 11.9 Å². The van der Waals surface area contributed by atoms with Crippen LogP contribution >= 0.6 is 0 Å². The number of hydrogen-bond acceptors (Lipinski definition) is 3. The van der Waals surface area contributed by atoms with Crippen molar-refractivity contribution >= 4 is 11.9 Å². The van der Waals surface area contributed by atoms with Crippen LogP contribution in [-0.4, -0.2) is 33.4 Å². The predicted octanol–water partition coefficient (Wildman–Crippen LogP) is 1.72. The largest absolute Gasteiger partial charge is 0.481 e. The smallest absolute Gasteiger partial charge is 0.311 e. The van der Waals surface area contributed by atoms with Gasteiger partial charge in [-0.15, -0.1) is 0 Å². The molecule has 1 rings (SSSR count). The lowest BCUT2D eigenvalue weighted by atomic mass is 9.96. The van der Waals surface area contributed by atoms with Crippen molar-refractivity contribution < 1.29 is 24.9 Å². The maximum Gasteiger partial charge on any atom is 0.311 e. The Morgan fingerprint density at radius 3 is 1.89 bits per heavy atom. The van der Waals surface area contributed by atoms with Crippen molar-refractivity contribution in [3.63, 3.8) is 0 Å². The molecule has 1 aromatic rings. The molecule has 5 heteroatoms. The highest BCUT2D eigenvalue weighted by Crippen LogP contribution is 2.19. The highest BCUT2D eigenvalue weighted by molar-refractivity contribution is 5.82. The van der Waals surface area contributed by atoms with Gasteiger partial charge in [-0.3, -0.25) is 9.59 Å². The van der Waals surface area contributed by atoms with Crippen LogP contribution in [0.15, 0.2) is 30.3 Å². The molecule has 0 radical (unpaired) electrons. The van der Waals surface area contributed by atoms with Crippen LogP contribution in [0, 0.1) is 0 Å². The predicted molar refractivity (Wildman–Crippen MR) is 66.4 cm³/mol. The van der Waals surface area contributed by atoms with Crippen molar-refractivity contribution in [1.29, 1.82) is 0 Å². The van der Waals surface area contributed by atoms with E-state index in [0.29, 0.717) is 5.56 Å². The second kappa shape index (κ2) is 8.25. The Morgan fingerprint density at radius 2 is 1.56 bits per heavy atom. The number of carboxylic acids is 2. The fraction of sp³-hybridized carbons (Fsp3) is 0.385. The van der Waals surface area contributed by atoms with Gasteiger partial charge < -0.3 is 15.3 Å². The summed E-state index contributed by atoms with van der Waals surface area (Å²) in [6.45, 7) is 3.44. The molecular weight excluding hydrogens is 236 g/mol. The van der Waals surface area contributed by atoms with E-state index in [1.54, 1.807) is 44.2 Å². The van der Waals surface area contributed by atoms with Crippen molar-refractivity contribution in [2.45, 2.75) is 32.3 Å². The maximum absolute atomic E-state index is 10.8. The van der Waals surface area contributed by atoms with E-state index in [0.717, 1.165) is 0 Å². The number of benzene rings is 1. The number of aliphatic hydroxyl groups excluding tert-OH is 1. The van der Waals surface area contributed by atoms with Gasteiger partial charge in [0, 0.05) is 6.10 Å². The zero-order valence-electron chi connectivity index (χ0n) is 10.4. The van der Waals surface area contributed by atoms with Crippen LogP contribution in [0.1, 0.15) is 31.7 Å². The molecule has 0 fully saturated rings. The third-order valence-corrected chi connectivity index (χ3v) is 1.88. The lowest BCUT2D eigenvalue weighted by molar-refractivity contribution is -0.145. The number of carboxylic acid groups (broad SMARTS) is 2. The van der Waals surface area contributed by atoms with Crippen LogP contribution in [0.4, 0.5) is 0 Å². The van der Waals surface area contributed by atoms with Gasteiger partial charge in [-0.25, -0.2) is 0 Å². The highest BCUT2D eigenvalue weighted by Gasteiger charge is 2.22. The first-order chi connectivity index (χ1) is 8.34. The fourth-order valence-electron chi connectivity index (χ4n) is 1.21. The summed E-state index contributed by atoms with van der Waals surface area (Å²) in [5, 5.41) is 25.4. The summed E-state index contributed by atoms with van der Waals surface area (Å²) in [4.78, 5) is 21.2. The average molecular weight is 254 g/mol. The molecule has 1 aromatic carbocycles. The molecule has 1 atom stereocenters. The van der Waals surface area contributed by atoms with Gasteiger partial charge in [-0.05, 0) is 19.4 Å². The van der Waals surface area contributed by atoms with Gasteiger partial charge in [0.15, 0.2) is 0 Å². The van der Waals surface area contributed by atoms with Crippen LogP contribution in [-0.2, 0) is 9.59 Å². The zero-order chi connectivity index (χ0) is 14.1. The second-order valence-electron chi connectivity index (χ2n) is 3.99. The van der Waals surface area contributed by atoms with Gasteiger partial charge in [0.25, 0.3) is 0 Å². The molecule has 0 aliphatic carbocycles. The standard InChI is InChI=1S/C10H10O4.C3H8O/c11-9(12)6-8(10(13)14)7-4-2-1-3-5-7;1-3(2)4/h1-5,8H,6H2,(H,11,12)(H,13,14);3-4H,1-2H3/t8-;/m1./s1. The quantitative estimate of drug-likeness (QED) is 0.760. The van der Waals surface area contributed by atoms with E-state index < -0.39 is 17.9 Å². The van der Waals surface area contributed by atoms with Crippen LogP contribution in [0.3, 0.4) is 0 Å². The topological polar surface area (TPSA) is 94.8 Å². The first-order valence-corrected chi connectivity index (χ1v) is 5.52. The molecule has 0 unspecified atom stereocenters. The molecule has 18 heavy (non-hydrogen) atoms. The van der Waals surface area contributed by atoms with Gasteiger partial charge in [0.1, 0.15) is 0 Å². The number of carbonyl (C=O) groups is 2. The van der Waals surface area contributed by atoms with E-state index in [-0.39, 0.29) is 12.5 Å². The second-order valence-corrected chi connectivity index (χ2v) is 3.99. The first kappa shape index (κ1) is 16.1. The van der Waals surface area contributed by atoms with E-state index in [4.69, 9.17) is 15.3 Å². The molecule has 0 spiro atoms. The van der Waals surface area contributed by atoms with Gasteiger partial charge in [-0.1, -0.05) is 30.3 Å². The normalized spacial score (nSPS) is 11.3. The summed E-state index contributed by atoms with van der Waals surface area (Å²) < 4.78 is 0. The molecule has 0 amide bonds. The summed E-state index contributed by atoms with van der Waals surface area (Å²) in [5.41, 5.74) is 0.516. The monoisotopic (exact) mass is 254 g/mol. The number of aliphatic hydroxyl groups is 1. The van der Waals surface area contributed by atoms with Gasteiger partial charge in [0.05, 0.1) is 12.3 Å². The molecule has 0 saturated heterocycles. The Labute approximate surface area is 106 Å². The third-order valence-electron chi connectivity index (χ3n) is 1.88. The summed E-state index contributed by atoms with van der Waals surface area (Å²) in [6.07, 6.45) is -0.556. The van der Waals surface area contributed by atoms with Crippen molar-refractivity contribution in [2.24, 2.45) is 0 Å². The molecule has 100 valence electrons. The Bertz CT molecular complexity index is 369. The first-order valence-electron chi connectivity index (χ1n) is 5.52. The molecule has 0 bridgehead atoms. The van der Waals surface area contributed by atoms with E-state index in [1.165, 1.54) is 0 Å². The molecule has 5 nitrogen and oxygen atoms in total.